The second-order valence-corrected chi connectivity index (χ2v) is 9.27. The number of methoxy groups -OCH3 is 2. The Hall–Kier alpha value is -2.80. The molecule has 0 spiro atoms. The molecule has 9 heteroatoms. The van der Waals surface area contributed by atoms with Crippen LogP contribution < -0.4 is 10.1 Å². The molecule has 9 nitrogen and oxygen atoms in total. The first-order valence-corrected chi connectivity index (χ1v) is 11.7. The molecule has 1 amide bonds. The summed E-state index contributed by atoms with van der Waals surface area (Å²) >= 11 is 0. The normalized spacial score (nSPS) is 14.7. The fraction of sp³-hybridized carbons (Fsp3) is 0.615. The van der Waals surface area contributed by atoms with Gasteiger partial charge in [0.1, 0.15) is 17.4 Å². The van der Waals surface area contributed by atoms with E-state index in [1.165, 1.54) is 7.11 Å². The number of nitrogens with zero attached hydrogens (tertiary/aromatic N) is 1. The van der Waals surface area contributed by atoms with Gasteiger partial charge in [-0.2, -0.15) is 5.06 Å². The molecule has 0 fully saturated rings. The summed E-state index contributed by atoms with van der Waals surface area (Å²) in [5, 5.41) is 15.0. The molecule has 2 N–H and O–H groups in total. The molecule has 1 rings (SSSR count). The highest BCUT2D eigenvalue weighted by Gasteiger charge is 2.43. The van der Waals surface area contributed by atoms with Gasteiger partial charge in [-0.1, -0.05) is 31.4 Å². The van der Waals surface area contributed by atoms with Crippen LogP contribution in [0.2, 0.25) is 0 Å². The Labute approximate surface area is 209 Å². The Morgan fingerprint density at radius 2 is 1.74 bits per heavy atom. The quantitative estimate of drug-likeness (QED) is 0.207. The molecule has 0 heterocycles. The number of alkyl carbamates (subject to hydrolysis) is 1. The monoisotopic (exact) mass is 492 g/mol. The number of nitrogens with one attached hydrogen (secondary N) is 1. The van der Waals surface area contributed by atoms with E-state index in [0.717, 1.165) is 17.0 Å². The van der Waals surface area contributed by atoms with E-state index in [4.69, 9.17) is 18.9 Å². The Kier molecular flexibility index (Phi) is 12.0. The van der Waals surface area contributed by atoms with Gasteiger partial charge >= 0.3 is 12.1 Å². The van der Waals surface area contributed by atoms with Crippen molar-refractivity contribution in [1.82, 2.24) is 10.4 Å². The first kappa shape index (κ1) is 30.2. The highest BCUT2D eigenvalue weighted by molar-refractivity contribution is 5.88. The minimum absolute atomic E-state index is 0.0601. The second-order valence-electron chi connectivity index (χ2n) is 9.27. The topological polar surface area (TPSA) is 107 Å². The zero-order chi connectivity index (χ0) is 26.6. The van der Waals surface area contributed by atoms with E-state index in [-0.39, 0.29) is 13.2 Å². The number of hydrogen-bond acceptors (Lipinski definition) is 8. The predicted molar refractivity (Wildman–Crippen MR) is 132 cm³/mol. The summed E-state index contributed by atoms with van der Waals surface area (Å²) in [5.41, 5.74) is -0.917. The van der Waals surface area contributed by atoms with Gasteiger partial charge in [-0.25, -0.2) is 9.59 Å². The van der Waals surface area contributed by atoms with E-state index in [0.29, 0.717) is 12.2 Å². The average molecular weight is 493 g/mol. The molecule has 0 bridgehead atoms. The molecular weight excluding hydrogens is 452 g/mol. The largest absolute Gasteiger partial charge is 0.497 e. The van der Waals surface area contributed by atoms with Gasteiger partial charge in [0.05, 0.1) is 31.9 Å². The third kappa shape index (κ3) is 10.1. The van der Waals surface area contributed by atoms with Crippen LogP contribution in [-0.4, -0.2) is 66.4 Å². The fourth-order valence-corrected chi connectivity index (χ4v) is 3.53. The number of hydroxylamine groups is 2. The smallest absolute Gasteiger partial charge is 0.408 e. The van der Waals surface area contributed by atoms with Crippen LogP contribution in [0.3, 0.4) is 0 Å². The first-order valence-electron chi connectivity index (χ1n) is 11.7. The highest BCUT2D eigenvalue weighted by atomic mass is 16.6. The van der Waals surface area contributed by atoms with Gasteiger partial charge < -0.3 is 29.5 Å². The summed E-state index contributed by atoms with van der Waals surface area (Å²) in [6, 6.07) is 5.24. The molecule has 0 saturated heterocycles. The lowest BCUT2D eigenvalue weighted by atomic mass is 9.85. The maximum atomic E-state index is 12.8. The van der Waals surface area contributed by atoms with Crippen molar-refractivity contribution in [2.45, 2.75) is 84.2 Å². The summed E-state index contributed by atoms with van der Waals surface area (Å²) in [7, 11) is 3.10. The summed E-state index contributed by atoms with van der Waals surface area (Å²) in [6.07, 6.45) is 0.583. The Bertz CT molecular complexity index is 870. The van der Waals surface area contributed by atoms with Gasteiger partial charge in [0, 0.05) is 13.0 Å². The van der Waals surface area contributed by atoms with Gasteiger partial charge in [-0.05, 0) is 58.7 Å². The van der Waals surface area contributed by atoms with Gasteiger partial charge in [0.25, 0.3) is 0 Å². The van der Waals surface area contributed by atoms with Crippen LogP contribution in [0, 0.1) is 11.8 Å². The number of amides is 1. The Morgan fingerprint density at radius 3 is 2.23 bits per heavy atom. The molecular formula is C26H40N2O7. The van der Waals surface area contributed by atoms with Crippen molar-refractivity contribution < 1.29 is 33.7 Å². The average Bonchev–Trinajstić information content (AvgIpc) is 2.78. The van der Waals surface area contributed by atoms with Crippen LogP contribution >= 0.6 is 0 Å². The van der Waals surface area contributed by atoms with Crippen molar-refractivity contribution in [2.24, 2.45) is 0 Å². The van der Waals surface area contributed by atoms with Crippen molar-refractivity contribution in [2.75, 3.05) is 20.8 Å². The van der Waals surface area contributed by atoms with E-state index < -0.39 is 35.3 Å². The molecule has 1 aromatic carbocycles. The number of ether oxygens (including phenoxy) is 4. The van der Waals surface area contributed by atoms with Gasteiger partial charge in [-0.15, -0.1) is 0 Å². The summed E-state index contributed by atoms with van der Waals surface area (Å²) in [6.45, 7) is 11.0. The first-order chi connectivity index (χ1) is 16.4. The van der Waals surface area contributed by atoms with E-state index in [1.807, 2.05) is 13.8 Å². The van der Waals surface area contributed by atoms with Crippen LogP contribution in [0.4, 0.5) is 4.79 Å². The number of carbonyl (C=O) groups excluding carboxylic acids is 2. The van der Waals surface area contributed by atoms with Crippen LogP contribution in [0.5, 0.6) is 5.75 Å². The lowest BCUT2D eigenvalue weighted by Gasteiger charge is -2.41. The summed E-state index contributed by atoms with van der Waals surface area (Å²) in [5.74, 6) is 5.16. The molecule has 0 unspecified atom stereocenters. The lowest BCUT2D eigenvalue weighted by Crippen LogP contribution is -2.62. The molecule has 0 saturated carbocycles. The molecule has 0 aliphatic carbocycles. The molecule has 0 aliphatic rings. The number of carbonyl (C=O) groups is 2. The van der Waals surface area contributed by atoms with Crippen molar-refractivity contribution >= 4 is 12.1 Å². The molecule has 1 aromatic rings. The summed E-state index contributed by atoms with van der Waals surface area (Å²) in [4.78, 5) is 24.8. The Morgan fingerprint density at radius 1 is 1.11 bits per heavy atom. The third-order valence-corrected chi connectivity index (χ3v) is 5.28. The van der Waals surface area contributed by atoms with Crippen LogP contribution in [0.25, 0.3) is 0 Å². The Balaban J connectivity index is 3.45. The minimum Gasteiger partial charge on any atom is -0.497 e. The second kappa shape index (κ2) is 13.9. The van der Waals surface area contributed by atoms with Gasteiger partial charge in [-0.3, -0.25) is 0 Å². The van der Waals surface area contributed by atoms with Crippen molar-refractivity contribution in [3.8, 4) is 17.6 Å². The van der Waals surface area contributed by atoms with Gasteiger partial charge in [0.2, 0.25) is 0 Å². The third-order valence-electron chi connectivity index (χ3n) is 5.28. The molecule has 3 atom stereocenters. The molecule has 196 valence electrons. The standard InChI is InChI=1S/C26H40N2O7/c1-9-17-26(6,33-8)23(27-24(30)35-25(3,4)5)21(15-16-22(29)34-10-2)28(31)18-19-11-13-20(32-7)14-12-19/h11-14,21,23,31H,9-10,17-18H2,1-8H3,(H,27,30)/t21-,23-,26+/m1/s1. The van der Waals surface area contributed by atoms with Crippen molar-refractivity contribution in [1.29, 1.82) is 0 Å². The van der Waals surface area contributed by atoms with Crippen molar-refractivity contribution in [3.05, 3.63) is 29.8 Å². The lowest BCUT2D eigenvalue weighted by molar-refractivity contribution is -0.151. The number of benzene rings is 1. The maximum Gasteiger partial charge on any atom is 0.408 e. The molecule has 0 aliphatic heterocycles. The van der Waals surface area contributed by atoms with E-state index in [2.05, 4.69) is 17.2 Å². The highest BCUT2D eigenvalue weighted by Crippen LogP contribution is 2.27. The SMILES string of the molecule is CCC[C@](C)(OC)[C@H](NC(=O)OC(C)(C)C)[C@@H](C#CC(=O)OCC)N(O)Cc1ccc(OC)cc1. The fourth-order valence-electron chi connectivity index (χ4n) is 3.53. The minimum atomic E-state index is -1.04. The number of hydrogen-bond donors (Lipinski definition) is 2. The predicted octanol–water partition coefficient (Wildman–Crippen LogP) is 3.92. The van der Waals surface area contributed by atoms with E-state index >= 15 is 0 Å². The van der Waals surface area contributed by atoms with Crippen LogP contribution in [0.1, 0.15) is 59.9 Å². The molecule has 35 heavy (non-hydrogen) atoms. The zero-order valence-electron chi connectivity index (χ0n) is 22.1. The molecule has 0 radical (unpaired) electrons. The number of rotatable bonds is 11. The van der Waals surface area contributed by atoms with E-state index in [1.54, 1.807) is 59.1 Å². The van der Waals surface area contributed by atoms with Crippen LogP contribution in [-0.2, 0) is 25.5 Å². The van der Waals surface area contributed by atoms with Crippen LogP contribution in [0.15, 0.2) is 24.3 Å². The zero-order valence-corrected chi connectivity index (χ0v) is 22.1. The molecule has 0 aromatic heterocycles. The van der Waals surface area contributed by atoms with Gasteiger partial charge in [0.15, 0.2) is 0 Å². The number of esters is 1. The maximum absolute atomic E-state index is 12.8. The summed E-state index contributed by atoms with van der Waals surface area (Å²) < 4.78 is 21.4. The van der Waals surface area contributed by atoms with E-state index in [9.17, 15) is 14.8 Å². The van der Waals surface area contributed by atoms with Crippen molar-refractivity contribution in [3.63, 3.8) is 0 Å².